The van der Waals surface area contributed by atoms with Crippen molar-refractivity contribution >= 4 is 11.7 Å². The second kappa shape index (κ2) is 6.45. The molecule has 25 heavy (non-hydrogen) atoms. The predicted molar refractivity (Wildman–Crippen MR) is 97.4 cm³/mol. The first-order valence-corrected chi connectivity index (χ1v) is 9.35. The minimum Gasteiger partial charge on any atom is -0.369 e. The van der Waals surface area contributed by atoms with E-state index >= 15 is 0 Å². The normalized spacial score (nSPS) is 32.7. The molecule has 0 unspecified atom stereocenters. The number of pyridine rings is 1. The lowest BCUT2D eigenvalue weighted by Gasteiger charge is -2.29. The molecule has 0 saturated carbocycles. The quantitative estimate of drug-likeness (QED) is 0.808. The topological polar surface area (TPSA) is 54.5 Å². The first-order chi connectivity index (χ1) is 12.1. The van der Waals surface area contributed by atoms with Crippen LogP contribution in [0.3, 0.4) is 0 Å². The first-order valence-electron chi connectivity index (χ1n) is 9.35. The van der Waals surface area contributed by atoms with Crippen molar-refractivity contribution < 1.29 is 9.53 Å². The van der Waals surface area contributed by atoms with Crippen LogP contribution < -0.4 is 10.2 Å². The summed E-state index contributed by atoms with van der Waals surface area (Å²) in [6, 6.07) is 4.10. The molecule has 2 bridgehead atoms. The summed E-state index contributed by atoms with van der Waals surface area (Å²) in [5, 5.41) is 3.12. The average molecular weight is 341 g/mol. The van der Waals surface area contributed by atoms with Crippen LogP contribution in [0, 0.1) is 18.8 Å². The Kier molecular flexibility index (Phi) is 4.28. The van der Waals surface area contributed by atoms with Crippen LogP contribution in [0.25, 0.3) is 0 Å². The number of nitrogens with one attached hydrogen (secondary N) is 1. The molecule has 1 amide bonds. The summed E-state index contributed by atoms with van der Waals surface area (Å²) in [4.78, 5) is 18.9. The van der Waals surface area contributed by atoms with Crippen LogP contribution >= 0.6 is 0 Å². The third-order valence-corrected chi connectivity index (χ3v) is 6.18. The van der Waals surface area contributed by atoms with E-state index in [9.17, 15) is 4.79 Å². The number of carbonyl (C=O) groups excluding carboxylic acids is 1. The zero-order valence-electron chi connectivity index (χ0n) is 14.9. The van der Waals surface area contributed by atoms with Crippen LogP contribution in [0.5, 0.6) is 0 Å². The molecule has 4 heterocycles. The molecule has 0 radical (unpaired) electrons. The minimum absolute atomic E-state index is 0.0366. The zero-order valence-corrected chi connectivity index (χ0v) is 14.9. The molecule has 134 valence electrons. The third kappa shape index (κ3) is 2.84. The Bertz CT molecular complexity index is 677. The molecule has 0 aromatic carbocycles. The standard InChI is InChI=1S/C20H27N3O2/c1-3-4-7-18(24)22-11-15-16-12-23(19-14(2)6-5-10-21-19)13-20(16)9-8-17(15)25-20/h3,5-6,10,15-17H,1,4,7-9,11-13H2,2H3,(H,22,24)/t15-,16+,17+,20+/m0/s1. The number of fused-ring (bicyclic) bond motifs is 1. The highest BCUT2D eigenvalue weighted by atomic mass is 16.5. The summed E-state index contributed by atoms with van der Waals surface area (Å²) >= 11 is 0. The van der Waals surface area contributed by atoms with Crippen LogP contribution in [0.15, 0.2) is 31.0 Å². The number of nitrogens with zero attached hydrogens (tertiary/aromatic N) is 2. The second-order valence-electron chi connectivity index (χ2n) is 7.69. The fraction of sp³-hybridized carbons (Fsp3) is 0.600. The zero-order chi connectivity index (χ0) is 17.4. The molecule has 4 rings (SSSR count). The number of rotatable bonds is 6. The van der Waals surface area contributed by atoms with Crippen molar-refractivity contribution in [3.05, 3.63) is 36.5 Å². The maximum absolute atomic E-state index is 12.0. The van der Waals surface area contributed by atoms with E-state index in [2.05, 4.69) is 34.8 Å². The molecule has 0 aliphatic carbocycles. The van der Waals surface area contributed by atoms with Crippen molar-refractivity contribution in [1.82, 2.24) is 10.3 Å². The maximum Gasteiger partial charge on any atom is 0.220 e. The smallest absolute Gasteiger partial charge is 0.220 e. The molecule has 1 N–H and O–H groups in total. The number of ether oxygens (including phenoxy) is 1. The van der Waals surface area contributed by atoms with Gasteiger partial charge in [0.15, 0.2) is 0 Å². The number of amides is 1. The highest BCUT2D eigenvalue weighted by Gasteiger charge is 2.63. The number of anilines is 1. The molecular weight excluding hydrogens is 314 g/mol. The first kappa shape index (κ1) is 16.6. The molecule has 3 aliphatic rings. The van der Waals surface area contributed by atoms with E-state index in [1.165, 1.54) is 5.56 Å². The average Bonchev–Trinajstić information content (AvgIpc) is 3.26. The Morgan fingerprint density at radius 2 is 2.48 bits per heavy atom. The third-order valence-electron chi connectivity index (χ3n) is 6.18. The number of aromatic nitrogens is 1. The van der Waals surface area contributed by atoms with Crippen LogP contribution in [0.2, 0.25) is 0 Å². The van der Waals surface area contributed by atoms with E-state index in [-0.39, 0.29) is 11.5 Å². The van der Waals surface area contributed by atoms with Crippen molar-refractivity contribution in [3.8, 4) is 0 Å². The predicted octanol–water partition coefficient (Wildman–Crippen LogP) is 2.46. The summed E-state index contributed by atoms with van der Waals surface area (Å²) in [7, 11) is 0. The number of carbonyl (C=O) groups is 1. The molecule has 5 nitrogen and oxygen atoms in total. The maximum atomic E-state index is 12.0. The SMILES string of the molecule is C=CCCC(=O)NC[C@H]1[C@H]2CN(c3ncccc3C)C[C@]23CC[C@H]1O3. The lowest BCUT2D eigenvalue weighted by molar-refractivity contribution is -0.121. The Hall–Kier alpha value is -1.88. The minimum atomic E-state index is -0.0366. The largest absolute Gasteiger partial charge is 0.369 e. The van der Waals surface area contributed by atoms with Gasteiger partial charge in [0.2, 0.25) is 5.91 Å². The summed E-state index contributed by atoms with van der Waals surface area (Å²) in [5.74, 6) is 2.09. The van der Waals surface area contributed by atoms with Gasteiger partial charge in [-0.3, -0.25) is 4.79 Å². The van der Waals surface area contributed by atoms with Gasteiger partial charge in [0.1, 0.15) is 5.82 Å². The van der Waals surface area contributed by atoms with Gasteiger partial charge in [-0.05, 0) is 37.8 Å². The van der Waals surface area contributed by atoms with Crippen LogP contribution in [0.4, 0.5) is 5.82 Å². The van der Waals surface area contributed by atoms with E-state index in [1.54, 1.807) is 6.08 Å². The van der Waals surface area contributed by atoms with Gasteiger partial charge in [-0.1, -0.05) is 12.1 Å². The van der Waals surface area contributed by atoms with Crippen molar-refractivity contribution in [1.29, 1.82) is 0 Å². The van der Waals surface area contributed by atoms with E-state index in [0.29, 0.717) is 24.4 Å². The van der Waals surface area contributed by atoms with Gasteiger partial charge < -0.3 is 15.0 Å². The summed E-state index contributed by atoms with van der Waals surface area (Å²) in [6.45, 7) is 8.41. The Morgan fingerprint density at radius 3 is 3.28 bits per heavy atom. The van der Waals surface area contributed by atoms with Crippen molar-refractivity contribution in [3.63, 3.8) is 0 Å². The molecule has 3 fully saturated rings. The highest BCUT2D eigenvalue weighted by molar-refractivity contribution is 5.76. The van der Waals surface area contributed by atoms with Crippen molar-refractivity contribution in [2.45, 2.75) is 44.3 Å². The number of aryl methyl sites for hydroxylation is 1. The Morgan fingerprint density at radius 1 is 1.60 bits per heavy atom. The second-order valence-corrected chi connectivity index (χ2v) is 7.69. The van der Waals surface area contributed by atoms with Crippen LogP contribution in [-0.2, 0) is 9.53 Å². The molecule has 1 aromatic rings. The van der Waals surface area contributed by atoms with Crippen LogP contribution in [0.1, 0.15) is 31.2 Å². The molecular formula is C20H27N3O2. The number of hydrogen-bond acceptors (Lipinski definition) is 4. The lowest BCUT2D eigenvalue weighted by atomic mass is 9.73. The molecule has 1 aromatic heterocycles. The summed E-state index contributed by atoms with van der Waals surface area (Å²) in [6.07, 6.45) is 7.46. The Labute approximate surface area is 149 Å². The molecule has 3 aliphatic heterocycles. The van der Waals surface area contributed by atoms with E-state index in [1.807, 2.05) is 12.3 Å². The molecule has 5 heteroatoms. The Balaban J connectivity index is 1.45. The van der Waals surface area contributed by atoms with E-state index in [4.69, 9.17) is 4.74 Å². The van der Waals surface area contributed by atoms with E-state index < -0.39 is 0 Å². The molecule has 3 saturated heterocycles. The van der Waals surface area contributed by atoms with Gasteiger partial charge in [0.25, 0.3) is 0 Å². The number of allylic oxidation sites excluding steroid dienone is 1. The summed E-state index contributed by atoms with van der Waals surface area (Å²) in [5.41, 5.74) is 1.17. The van der Waals surface area contributed by atoms with Gasteiger partial charge >= 0.3 is 0 Å². The van der Waals surface area contributed by atoms with Crippen LogP contribution in [-0.4, -0.2) is 42.2 Å². The van der Waals surface area contributed by atoms with E-state index in [0.717, 1.165) is 44.7 Å². The van der Waals surface area contributed by atoms with Gasteiger partial charge in [0, 0.05) is 44.1 Å². The van der Waals surface area contributed by atoms with Crippen molar-refractivity contribution in [2.75, 3.05) is 24.5 Å². The summed E-state index contributed by atoms with van der Waals surface area (Å²) < 4.78 is 6.46. The number of hydrogen-bond donors (Lipinski definition) is 1. The fourth-order valence-corrected chi connectivity index (χ4v) is 4.99. The molecule has 4 atom stereocenters. The lowest BCUT2D eigenvalue weighted by Crippen LogP contribution is -2.41. The fourth-order valence-electron chi connectivity index (χ4n) is 4.99. The van der Waals surface area contributed by atoms with Gasteiger partial charge in [-0.25, -0.2) is 4.98 Å². The molecule has 1 spiro atoms. The van der Waals surface area contributed by atoms with Gasteiger partial charge in [0.05, 0.1) is 11.7 Å². The monoisotopic (exact) mass is 341 g/mol. The van der Waals surface area contributed by atoms with Gasteiger partial charge in [-0.15, -0.1) is 6.58 Å². The van der Waals surface area contributed by atoms with Gasteiger partial charge in [-0.2, -0.15) is 0 Å². The highest BCUT2D eigenvalue weighted by Crippen LogP contribution is 2.55. The van der Waals surface area contributed by atoms with Crippen molar-refractivity contribution in [2.24, 2.45) is 11.8 Å².